The second-order valence-corrected chi connectivity index (χ2v) is 10.1. The number of ether oxygens (including phenoxy) is 2. The van der Waals surface area contributed by atoms with Gasteiger partial charge in [0.25, 0.3) is 5.91 Å². The second-order valence-electron chi connectivity index (χ2n) is 9.74. The molecule has 6 nitrogen and oxygen atoms in total. The van der Waals surface area contributed by atoms with Gasteiger partial charge in [-0.05, 0) is 72.4 Å². The molecule has 38 heavy (non-hydrogen) atoms. The Morgan fingerprint density at radius 3 is 2.53 bits per heavy atom. The van der Waals surface area contributed by atoms with Crippen LogP contribution >= 0.6 is 11.6 Å². The van der Waals surface area contributed by atoms with Crippen molar-refractivity contribution < 1.29 is 19.1 Å². The molecule has 7 heteroatoms. The molecule has 0 atom stereocenters. The Hall–Kier alpha value is -3.77. The van der Waals surface area contributed by atoms with Crippen molar-refractivity contribution in [2.75, 3.05) is 13.7 Å². The largest absolute Gasteiger partial charge is 0.480 e. The Morgan fingerprint density at radius 1 is 1.00 bits per heavy atom. The number of fused-ring (bicyclic) bond motifs is 1. The second kappa shape index (κ2) is 11.7. The van der Waals surface area contributed by atoms with Crippen LogP contribution in [-0.4, -0.2) is 30.2 Å². The molecule has 0 radical (unpaired) electrons. The third-order valence-corrected chi connectivity index (χ3v) is 7.19. The number of methoxy groups -OCH3 is 1. The molecule has 0 saturated heterocycles. The molecule has 1 N–H and O–H groups in total. The number of aryl methyl sites for hydroxylation is 1. The van der Waals surface area contributed by atoms with E-state index in [1.807, 2.05) is 42.5 Å². The number of carbonyl (C=O) groups is 2. The summed E-state index contributed by atoms with van der Waals surface area (Å²) in [6.45, 7) is 9.31. The van der Waals surface area contributed by atoms with Gasteiger partial charge in [-0.1, -0.05) is 55.8 Å². The molecule has 4 aromatic rings. The van der Waals surface area contributed by atoms with Crippen molar-refractivity contribution in [3.8, 4) is 5.75 Å². The van der Waals surface area contributed by atoms with Gasteiger partial charge in [0.2, 0.25) is 0 Å². The van der Waals surface area contributed by atoms with Crippen LogP contribution in [0.3, 0.4) is 0 Å². The number of rotatable bonds is 9. The van der Waals surface area contributed by atoms with Crippen molar-refractivity contribution in [1.82, 2.24) is 9.88 Å². The number of halogens is 1. The first kappa shape index (κ1) is 27.3. The number of hydrogen-bond donors (Lipinski definition) is 1. The summed E-state index contributed by atoms with van der Waals surface area (Å²) in [6.07, 6.45) is 0. The molecule has 198 valence electrons. The maximum atomic E-state index is 13.0. The van der Waals surface area contributed by atoms with E-state index in [4.69, 9.17) is 16.3 Å². The molecule has 0 aliphatic carbocycles. The van der Waals surface area contributed by atoms with Gasteiger partial charge in [-0.3, -0.25) is 4.79 Å². The fourth-order valence-electron chi connectivity index (χ4n) is 4.48. The lowest BCUT2D eigenvalue weighted by Gasteiger charge is -2.12. The third-order valence-electron chi connectivity index (χ3n) is 6.88. The number of nitrogens with zero attached hydrogens (tertiary/aromatic N) is 1. The minimum absolute atomic E-state index is 0.100. The SMILES string of the molecule is COC(=O)COc1cc(Cn2c(C)c(C)c3cc(C(=O)NCc4cccc(C(C)C)c4)ccc32)ccc1Cl. The van der Waals surface area contributed by atoms with Crippen molar-refractivity contribution in [3.05, 3.63) is 99.2 Å². The highest BCUT2D eigenvalue weighted by molar-refractivity contribution is 6.32. The standard InChI is InChI=1S/C31H33ClN2O4/c1-19(2)24-8-6-7-22(13-24)16-33-31(36)25-10-12-28-26(15-25)20(3)21(4)34(28)17-23-9-11-27(32)29(14-23)38-18-30(35)37-5/h6-15,19H,16-18H2,1-5H3,(H,33,36). The summed E-state index contributed by atoms with van der Waals surface area (Å²) >= 11 is 6.27. The minimum Gasteiger partial charge on any atom is -0.480 e. The van der Waals surface area contributed by atoms with E-state index in [2.05, 4.69) is 54.4 Å². The van der Waals surface area contributed by atoms with Gasteiger partial charge in [-0.2, -0.15) is 0 Å². The lowest BCUT2D eigenvalue weighted by Crippen LogP contribution is -2.22. The Labute approximate surface area is 228 Å². The summed E-state index contributed by atoms with van der Waals surface area (Å²) in [6, 6.07) is 19.7. The van der Waals surface area contributed by atoms with Gasteiger partial charge >= 0.3 is 5.97 Å². The molecule has 1 aromatic heterocycles. The van der Waals surface area contributed by atoms with Crippen molar-refractivity contribution in [1.29, 1.82) is 0 Å². The third kappa shape index (κ3) is 6.03. The van der Waals surface area contributed by atoms with Crippen LogP contribution in [0.25, 0.3) is 10.9 Å². The zero-order chi connectivity index (χ0) is 27.4. The first-order valence-electron chi connectivity index (χ1n) is 12.6. The molecular weight excluding hydrogens is 500 g/mol. The summed E-state index contributed by atoms with van der Waals surface area (Å²) in [7, 11) is 1.31. The monoisotopic (exact) mass is 532 g/mol. The fraction of sp³-hybridized carbons (Fsp3) is 0.290. The van der Waals surface area contributed by atoms with Crippen LogP contribution in [0.4, 0.5) is 0 Å². The van der Waals surface area contributed by atoms with Crippen LogP contribution < -0.4 is 10.1 Å². The van der Waals surface area contributed by atoms with Crippen LogP contribution in [0.1, 0.15) is 58.1 Å². The smallest absolute Gasteiger partial charge is 0.343 e. The van der Waals surface area contributed by atoms with Crippen molar-refractivity contribution in [3.63, 3.8) is 0 Å². The van der Waals surface area contributed by atoms with Crippen LogP contribution in [-0.2, 0) is 22.6 Å². The fourth-order valence-corrected chi connectivity index (χ4v) is 4.65. The number of esters is 1. The normalized spacial score (nSPS) is 11.1. The van der Waals surface area contributed by atoms with Gasteiger partial charge < -0.3 is 19.4 Å². The van der Waals surface area contributed by atoms with E-state index in [0.29, 0.717) is 35.3 Å². The molecule has 1 amide bonds. The van der Waals surface area contributed by atoms with Gasteiger partial charge in [0.1, 0.15) is 5.75 Å². The molecule has 0 fully saturated rings. The van der Waals surface area contributed by atoms with Gasteiger partial charge in [-0.15, -0.1) is 0 Å². The summed E-state index contributed by atoms with van der Waals surface area (Å²) in [5.74, 6) is 0.295. The molecule has 0 aliphatic heterocycles. The quantitative estimate of drug-likeness (QED) is 0.248. The van der Waals surface area contributed by atoms with Crippen molar-refractivity contribution >= 4 is 34.4 Å². The van der Waals surface area contributed by atoms with E-state index in [-0.39, 0.29) is 12.5 Å². The van der Waals surface area contributed by atoms with E-state index in [0.717, 1.165) is 33.3 Å². The highest BCUT2D eigenvalue weighted by Gasteiger charge is 2.15. The van der Waals surface area contributed by atoms with Gasteiger partial charge in [-0.25, -0.2) is 4.79 Å². The molecule has 0 bridgehead atoms. The van der Waals surface area contributed by atoms with Crippen LogP contribution in [0.2, 0.25) is 5.02 Å². The molecule has 0 spiro atoms. The van der Waals surface area contributed by atoms with Gasteiger partial charge in [0, 0.05) is 35.2 Å². The Kier molecular flexibility index (Phi) is 8.42. The summed E-state index contributed by atoms with van der Waals surface area (Å²) in [5, 5.41) is 4.52. The van der Waals surface area contributed by atoms with E-state index in [9.17, 15) is 9.59 Å². The summed E-state index contributed by atoms with van der Waals surface area (Å²) in [5.41, 5.74) is 7.20. The highest BCUT2D eigenvalue weighted by Crippen LogP contribution is 2.30. The number of amides is 1. The first-order valence-corrected chi connectivity index (χ1v) is 13.0. The van der Waals surface area contributed by atoms with E-state index >= 15 is 0 Å². The Balaban J connectivity index is 1.53. The van der Waals surface area contributed by atoms with Crippen LogP contribution in [0, 0.1) is 13.8 Å². The zero-order valence-electron chi connectivity index (χ0n) is 22.4. The summed E-state index contributed by atoms with van der Waals surface area (Å²) in [4.78, 5) is 24.5. The number of benzene rings is 3. The molecule has 3 aromatic carbocycles. The molecular formula is C31H33ClN2O4. The van der Waals surface area contributed by atoms with Gasteiger partial charge in [0.05, 0.1) is 12.1 Å². The predicted octanol–water partition coefficient (Wildman–Crippen LogP) is 6.57. The maximum absolute atomic E-state index is 13.0. The first-order chi connectivity index (χ1) is 18.2. The van der Waals surface area contributed by atoms with E-state index in [1.54, 1.807) is 6.07 Å². The van der Waals surface area contributed by atoms with E-state index < -0.39 is 5.97 Å². The maximum Gasteiger partial charge on any atom is 0.343 e. The molecule has 1 heterocycles. The van der Waals surface area contributed by atoms with Crippen LogP contribution in [0.5, 0.6) is 5.75 Å². The topological polar surface area (TPSA) is 69.6 Å². The number of hydrogen-bond acceptors (Lipinski definition) is 4. The lowest BCUT2D eigenvalue weighted by molar-refractivity contribution is -0.142. The predicted molar refractivity (Wildman–Crippen MR) is 151 cm³/mol. The Bertz CT molecular complexity index is 1490. The average molecular weight is 533 g/mol. The lowest BCUT2D eigenvalue weighted by atomic mass is 10.0. The van der Waals surface area contributed by atoms with Crippen molar-refractivity contribution in [2.24, 2.45) is 0 Å². The van der Waals surface area contributed by atoms with E-state index in [1.165, 1.54) is 12.7 Å². The Morgan fingerprint density at radius 2 is 1.79 bits per heavy atom. The molecule has 4 rings (SSSR count). The average Bonchev–Trinajstić information content (AvgIpc) is 3.15. The minimum atomic E-state index is -0.474. The van der Waals surface area contributed by atoms with Gasteiger partial charge in [0.15, 0.2) is 6.61 Å². The highest BCUT2D eigenvalue weighted by atomic mass is 35.5. The van der Waals surface area contributed by atoms with Crippen molar-refractivity contribution in [2.45, 2.75) is 46.7 Å². The number of aromatic nitrogens is 1. The molecule has 0 saturated carbocycles. The number of carbonyl (C=O) groups excluding carboxylic acids is 2. The zero-order valence-corrected chi connectivity index (χ0v) is 23.2. The molecule has 0 aliphatic rings. The van der Waals surface area contributed by atoms with Crippen LogP contribution in [0.15, 0.2) is 60.7 Å². The molecule has 0 unspecified atom stereocenters. The summed E-state index contributed by atoms with van der Waals surface area (Å²) < 4.78 is 12.4. The number of nitrogens with one attached hydrogen (secondary N) is 1.